The second-order valence-corrected chi connectivity index (χ2v) is 7.06. The first-order chi connectivity index (χ1) is 10.6. The number of aliphatic hydroxyl groups is 2. The molecule has 1 aromatic rings. The lowest BCUT2D eigenvalue weighted by Gasteiger charge is -2.20. The van der Waals surface area contributed by atoms with Crippen LogP contribution in [0, 0.1) is 26.7 Å². The van der Waals surface area contributed by atoms with E-state index in [2.05, 4.69) is 19.5 Å². The van der Waals surface area contributed by atoms with Gasteiger partial charge in [0.2, 0.25) is 0 Å². The third-order valence-corrected chi connectivity index (χ3v) is 4.54. The molecule has 1 fully saturated rings. The molecule has 0 aliphatic heterocycles. The molecule has 0 radical (unpaired) electrons. The molecular weight excluding hydrogens is 324 g/mol. The maximum Gasteiger partial charge on any atom is 0.333 e. The average molecular weight is 346 g/mol. The molecule has 130 valence electrons. The smallest absolute Gasteiger partial charge is 0.333 e. The monoisotopic (exact) mass is 346 g/mol. The lowest BCUT2D eigenvalue weighted by atomic mass is 10.1. The predicted octanol–water partition coefficient (Wildman–Crippen LogP) is -0.856. The number of hydrogen-bond donors (Lipinski definition) is 4. The average Bonchev–Trinajstić information content (AvgIpc) is 2.69. The van der Waals surface area contributed by atoms with Gasteiger partial charge < -0.3 is 15.5 Å². The van der Waals surface area contributed by atoms with Crippen molar-refractivity contribution in [2.75, 3.05) is 11.9 Å². The van der Waals surface area contributed by atoms with Gasteiger partial charge in [-0.25, -0.2) is 15.1 Å². The summed E-state index contributed by atoms with van der Waals surface area (Å²) in [5, 5.41) is 28.1. The molecule has 1 aliphatic carbocycles. The van der Waals surface area contributed by atoms with Crippen molar-refractivity contribution in [3.8, 4) is 0 Å². The molecule has 0 aromatic carbocycles. The van der Waals surface area contributed by atoms with Crippen LogP contribution in [0.1, 0.15) is 23.5 Å². The third-order valence-electron chi connectivity index (χ3n) is 4.07. The molecule has 9 nitrogen and oxygen atoms in total. The van der Waals surface area contributed by atoms with E-state index in [1.54, 1.807) is 6.92 Å². The predicted molar refractivity (Wildman–Crippen MR) is 82.8 cm³/mol. The van der Waals surface area contributed by atoms with Crippen LogP contribution in [0.15, 0.2) is 0 Å². The summed E-state index contributed by atoms with van der Waals surface area (Å²) in [7, 11) is -4.08. The standard InChI is InChI=1S/C13H22N4O5S/c1-6-7(2)15-8(3)16-13(6)17-10-4-9(11(18)12(10)19)5-22-23(14,20)21/h9-12,18-19H,4-5H2,1-3H3,(H2,14,20,21)(H,15,16,17)/t9-,10+,11+,12-/m0/s1. The van der Waals surface area contributed by atoms with Gasteiger partial charge in [-0.15, -0.1) is 0 Å². The van der Waals surface area contributed by atoms with Gasteiger partial charge in [0, 0.05) is 17.2 Å². The summed E-state index contributed by atoms with van der Waals surface area (Å²) in [6, 6.07) is -0.480. The summed E-state index contributed by atoms with van der Waals surface area (Å²) < 4.78 is 26.2. The summed E-state index contributed by atoms with van der Waals surface area (Å²) in [4.78, 5) is 8.55. The fourth-order valence-electron chi connectivity index (χ4n) is 2.70. The number of nitrogens with two attached hydrogens (primary N) is 1. The van der Waals surface area contributed by atoms with Gasteiger partial charge in [0.25, 0.3) is 0 Å². The molecule has 2 rings (SSSR count). The minimum absolute atomic E-state index is 0.282. The fraction of sp³-hybridized carbons (Fsp3) is 0.692. The van der Waals surface area contributed by atoms with E-state index < -0.39 is 34.5 Å². The Balaban J connectivity index is 2.10. The van der Waals surface area contributed by atoms with Crippen molar-refractivity contribution in [1.82, 2.24) is 9.97 Å². The largest absolute Gasteiger partial charge is 0.390 e. The van der Waals surface area contributed by atoms with E-state index in [0.29, 0.717) is 18.1 Å². The van der Waals surface area contributed by atoms with Gasteiger partial charge in [-0.3, -0.25) is 4.18 Å². The zero-order valence-corrected chi connectivity index (χ0v) is 14.0. The number of anilines is 1. The third kappa shape index (κ3) is 4.36. The van der Waals surface area contributed by atoms with E-state index in [0.717, 1.165) is 11.3 Å². The Morgan fingerprint density at radius 1 is 1.26 bits per heavy atom. The Labute approximate surface area is 135 Å². The van der Waals surface area contributed by atoms with Crippen LogP contribution in [0.5, 0.6) is 0 Å². The number of hydrogen-bond acceptors (Lipinski definition) is 8. The van der Waals surface area contributed by atoms with Crippen molar-refractivity contribution in [3.05, 3.63) is 17.1 Å². The Hall–Kier alpha value is -1.33. The number of aliphatic hydroxyl groups excluding tert-OH is 2. The van der Waals surface area contributed by atoms with Gasteiger partial charge in [-0.05, 0) is 27.2 Å². The van der Waals surface area contributed by atoms with Gasteiger partial charge in [0.1, 0.15) is 17.7 Å². The van der Waals surface area contributed by atoms with Gasteiger partial charge in [-0.2, -0.15) is 8.42 Å². The lowest BCUT2D eigenvalue weighted by Crippen LogP contribution is -2.36. The molecule has 1 aromatic heterocycles. The van der Waals surface area contributed by atoms with E-state index in [9.17, 15) is 18.6 Å². The second-order valence-electron chi connectivity index (χ2n) is 5.83. The summed E-state index contributed by atoms with van der Waals surface area (Å²) in [5.74, 6) is 0.627. The van der Waals surface area contributed by atoms with Crippen molar-refractivity contribution >= 4 is 16.1 Å². The SMILES string of the molecule is Cc1nc(C)c(C)c(N[C@@H]2C[C@@H](COS(N)(=O)=O)[C@@H](O)[C@H]2O)n1. The van der Waals surface area contributed by atoms with Gasteiger partial charge >= 0.3 is 10.3 Å². The minimum atomic E-state index is -4.08. The second kappa shape index (κ2) is 6.65. The Morgan fingerprint density at radius 2 is 1.91 bits per heavy atom. The highest BCUT2D eigenvalue weighted by Gasteiger charge is 2.42. The molecule has 0 saturated heterocycles. The maximum atomic E-state index is 10.8. The fourth-order valence-corrected chi connectivity index (χ4v) is 3.06. The first kappa shape index (κ1) is 18.0. The van der Waals surface area contributed by atoms with Crippen molar-refractivity contribution in [2.24, 2.45) is 11.1 Å². The van der Waals surface area contributed by atoms with Crippen LogP contribution in [0.4, 0.5) is 5.82 Å². The zero-order valence-electron chi connectivity index (χ0n) is 13.2. The summed E-state index contributed by atoms with van der Waals surface area (Å²) in [5.41, 5.74) is 1.67. The molecule has 1 saturated carbocycles. The molecule has 4 atom stereocenters. The van der Waals surface area contributed by atoms with E-state index in [-0.39, 0.29) is 6.61 Å². The van der Waals surface area contributed by atoms with E-state index in [4.69, 9.17) is 5.14 Å². The molecule has 0 unspecified atom stereocenters. The minimum Gasteiger partial charge on any atom is -0.390 e. The first-order valence-corrected chi connectivity index (χ1v) is 8.67. The van der Waals surface area contributed by atoms with E-state index >= 15 is 0 Å². The van der Waals surface area contributed by atoms with E-state index in [1.165, 1.54) is 0 Å². The molecule has 23 heavy (non-hydrogen) atoms. The maximum absolute atomic E-state index is 10.8. The first-order valence-electron chi connectivity index (χ1n) is 7.20. The number of nitrogens with zero attached hydrogens (tertiary/aromatic N) is 2. The summed E-state index contributed by atoms with van der Waals surface area (Å²) in [6.07, 6.45) is -1.86. The van der Waals surface area contributed by atoms with Crippen LogP contribution >= 0.6 is 0 Å². The van der Waals surface area contributed by atoms with Gasteiger partial charge in [0.15, 0.2) is 0 Å². The normalized spacial score (nSPS) is 28.1. The van der Waals surface area contributed by atoms with Crippen molar-refractivity contribution < 1.29 is 22.8 Å². The molecule has 1 heterocycles. The lowest BCUT2D eigenvalue weighted by molar-refractivity contribution is 0.00778. The van der Waals surface area contributed by atoms with Crippen LogP contribution in [-0.4, -0.2) is 53.5 Å². The molecule has 0 bridgehead atoms. The molecule has 1 aliphatic rings. The quantitative estimate of drug-likeness (QED) is 0.538. The number of aryl methyl sites for hydroxylation is 2. The van der Waals surface area contributed by atoms with Gasteiger partial charge in [-0.1, -0.05) is 0 Å². The van der Waals surface area contributed by atoms with Crippen molar-refractivity contribution in [2.45, 2.75) is 45.4 Å². The highest BCUT2D eigenvalue weighted by Crippen LogP contribution is 2.30. The van der Waals surface area contributed by atoms with Gasteiger partial charge in [0.05, 0.1) is 18.8 Å². The Bertz CT molecular complexity index is 681. The van der Waals surface area contributed by atoms with Crippen molar-refractivity contribution in [1.29, 1.82) is 0 Å². The Kier molecular flexibility index (Phi) is 5.21. The topological polar surface area (TPSA) is 148 Å². The molecule has 0 amide bonds. The van der Waals surface area contributed by atoms with E-state index in [1.807, 2.05) is 13.8 Å². The zero-order chi connectivity index (χ0) is 17.4. The van der Waals surface area contributed by atoms with Crippen LogP contribution in [0.3, 0.4) is 0 Å². The molecular formula is C13H22N4O5S. The number of nitrogens with one attached hydrogen (secondary N) is 1. The highest BCUT2D eigenvalue weighted by molar-refractivity contribution is 7.84. The molecule has 5 N–H and O–H groups in total. The van der Waals surface area contributed by atoms with Crippen molar-refractivity contribution in [3.63, 3.8) is 0 Å². The Morgan fingerprint density at radius 3 is 2.52 bits per heavy atom. The number of rotatable bonds is 5. The summed E-state index contributed by atoms with van der Waals surface area (Å²) >= 11 is 0. The van der Waals surface area contributed by atoms with Crippen LogP contribution in [-0.2, 0) is 14.5 Å². The number of aromatic nitrogens is 2. The van der Waals surface area contributed by atoms with Crippen LogP contribution < -0.4 is 10.5 Å². The van der Waals surface area contributed by atoms with Crippen LogP contribution in [0.2, 0.25) is 0 Å². The van der Waals surface area contributed by atoms with Crippen LogP contribution in [0.25, 0.3) is 0 Å². The highest BCUT2D eigenvalue weighted by atomic mass is 32.2. The summed E-state index contributed by atoms with van der Waals surface area (Å²) in [6.45, 7) is 5.20. The molecule has 10 heteroatoms. The molecule has 0 spiro atoms.